The smallest absolute Gasteiger partial charge is 0.224 e. The quantitative estimate of drug-likeness (QED) is 0.944. The number of carbonyl (C=O) groups excluding carboxylic acids is 1. The minimum absolute atomic E-state index is 0.0164. The average molecular weight is 311 g/mol. The van der Waals surface area contributed by atoms with Crippen molar-refractivity contribution in [2.24, 2.45) is 0 Å². The van der Waals surface area contributed by atoms with Crippen molar-refractivity contribution in [1.82, 2.24) is 5.32 Å². The summed E-state index contributed by atoms with van der Waals surface area (Å²) in [5, 5.41) is 2.95. The van der Waals surface area contributed by atoms with Gasteiger partial charge in [-0.1, -0.05) is 35.9 Å². The number of ether oxygens (including phenoxy) is 2. The molecule has 120 valence electrons. The summed E-state index contributed by atoms with van der Waals surface area (Å²) in [6.45, 7) is 3.86. The molecule has 23 heavy (non-hydrogen) atoms. The van der Waals surface area contributed by atoms with Gasteiger partial charge in [-0.2, -0.15) is 0 Å². The average Bonchev–Trinajstić information content (AvgIpc) is 2.77. The van der Waals surface area contributed by atoms with Crippen LogP contribution in [0.2, 0.25) is 0 Å². The molecule has 0 aliphatic carbocycles. The molecule has 2 aromatic rings. The van der Waals surface area contributed by atoms with Crippen LogP contribution in [0.4, 0.5) is 0 Å². The molecule has 0 unspecified atom stereocenters. The number of fused-ring (bicyclic) bond motifs is 1. The molecule has 0 fully saturated rings. The number of amides is 1. The highest BCUT2D eigenvalue weighted by Crippen LogP contribution is 2.30. The van der Waals surface area contributed by atoms with E-state index in [-0.39, 0.29) is 5.91 Å². The molecule has 1 heterocycles. The van der Waals surface area contributed by atoms with Crippen molar-refractivity contribution < 1.29 is 14.3 Å². The van der Waals surface area contributed by atoms with E-state index >= 15 is 0 Å². The van der Waals surface area contributed by atoms with E-state index in [0.29, 0.717) is 26.2 Å². The van der Waals surface area contributed by atoms with E-state index in [2.05, 4.69) is 5.32 Å². The van der Waals surface area contributed by atoms with Gasteiger partial charge in [-0.15, -0.1) is 0 Å². The molecule has 0 atom stereocenters. The van der Waals surface area contributed by atoms with E-state index in [0.717, 1.165) is 29.0 Å². The molecular formula is C19H21NO3. The topological polar surface area (TPSA) is 47.6 Å². The lowest BCUT2D eigenvalue weighted by molar-refractivity contribution is -0.120. The number of hydrogen-bond acceptors (Lipinski definition) is 3. The second-order valence-corrected chi connectivity index (χ2v) is 5.77. The van der Waals surface area contributed by atoms with Crippen LogP contribution in [0.3, 0.4) is 0 Å². The molecule has 1 amide bonds. The van der Waals surface area contributed by atoms with E-state index in [4.69, 9.17) is 9.47 Å². The van der Waals surface area contributed by atoms with Crippen molar-refractivity contribution in [3.8, 4) is 11.5 Å². The van der Waals surface area contributed by atoms with Gasteiger partial charge < -0.3 is 14.8 Å². The van der Waals surface area contributed by atoms with Crippen LogP contribution in [0.25, 0.3) is 0 Å². The number of rotatable bonds is 4. The third-order valence-electron chi connectivity index (χ3n) is 3.75. The van der Waals surface area contributed by atoms with Crippen molar-refractivity contribution in [3.63, 3.8) is 0 Å². The van der Waals surface area contributed by atoms with Crippen molar-refractivity contribution in [3.05, 3.63) is 59.2 Å². The van der Waals surface area contributed by atoms with Crippen molar-refractivity contribution in [2.45, 2.75) is 26.3 Å². The zero-order chi connectivity index (χ0) is 16.1. The molecule has 0 bridgehead atoms. The van der Waals surface area contributed by atoms with Crippen LogP contribution in [0.5, 0.6) is 11.5 Å². The van der Waals surface area contributed by atoms with Gasteiger partial charge in [0.1, 0.15) is 0 Å². The third kappa shape index (κ3) is 4.25. The molecule has 4 heteroatoms. The Balaban J connectivity index is 1.57. The molecule has 0 aromatic heterocycles. The summed E-state index contributed by atoms with van der Waals surface area (Å²) in [4.78, 5) is 12.1. The Hall–Kier alpha value is -2.49. The van der Waals surface area contributed by atoms with Crippen LogP contribution < -0.4 is 14.8 Å². The fourth-order valence-corrected chi connectivity index (χ4v) is 2.59. The summed E-state index contributed by atoms with van der Waals surface area (Å²) in [6.07, 6.45) is 1.28. The van der Waals surface area contributed by atoms with E-state index in [1.54, 1.807) is 0 Å². The van der Waals surface area contributed by atoms with Gasteiger partial charge >= 0.3 is 0 Å². The zero-order valence-corrected chi connectivity index (χ0v) is 13.3. The number of benzene rings is 2. The molecule has 3 rings (SSSR count). The van der Waals surface area contributed by atoms with Gasteiger partial charge in [0.05, 0.1) is 19.6 Å². The largest absolute Gasteiger partial charge is 0.490 e. The minimum atomic E-state index is 0.0164. The standard InChI is InChI=1S/C19H21NO3/c1-14-4-2-5-15(10-14)12-19(21)20-13-16-6-7-17-18(11-16)23-9-3-8-22-17/h2,4-7,10-11H,3,8-9,12-13H2,1H3,(H,20,21). The van der Waals surface area contributed by atoms with E-state index in [1.807, 2.05) is 49.4 Å². The van der Waals surface area contributed by atoms with Gasteiger partial charge in [0.25, 0.3) is 0 Å². The monoisotopic (exact) mass is 311 g/mol. The molecule has 2 aromatic carbocycles. The fourth-order valence-electron chi connectivity index (χ4n) is 2.59. The zero-order valence-electron chi connectivity index (χ0n) is 13.3. The normalized spacial score (nSPS) is 13.3. The second kappa shape index (κ2) is 7.18. The molecular weight excluding hydrogens is 290 g/mol. The Morgan fingerprint density at radius 3 is 2.70 bits per heavy atom. The molecule has 1 aliphatic rings. The van der Waals surface area contributed by atoms with Gasteiger partial charge in [0.2, 0.25) is 5.91 Å². The summed E-state index contributed by atoms with van der Waals surface area (Å²) >= 11 is 0. The maximum absolute atomic E-state index is 12.1. The SMILES string of the molecule is Cc1cccc(CC(=O)NCc2ccc3c(c2)OCCCO3)c1. The summed E-state index contributed by atoms with van der Waals surface area (Å²) in [6, 6.07) is 13.8. The van der Waals surface area contributed by atoms with Gasteiger partial charge in [-0.25, -0.2) is 0 Å². The highest BCUT2D eigenvalue weighted by atomic mass is 16.5. The van der Waals surface area contributed by atoms with Crippen LogP contribution in [0.15, 0.2) is 42.5 Å². The Kier molecular flexibility index (Phi) is 4.81. The van der Waals surface area contributed by atoms with Crippen LogP contribution in [0.1, 0.15) is 23.1 Å². The Morgan fingerprint density at radius 1 is 1.04 bits per heavy atom. The van der Waals surface area contributed by atoms with E-state index in [1.165, 1.54) is 5.56 Å². The van der Waals surface area contributed by atoms with E-state index < -0.39 is 0 Å². The maximum Gasteiger partial charge on any atom is 0.224 e. The number of carbonyl (C=O) groups is 1. The third-order valence-corrected chi connectivity index (χ3v) is 3.75. The molecule has 0 saturated carbocycles. The lowest BCUT2D eigenvalue weighted by Gasteiger charge is -2.10. The first kappa shape index (κ1) is 15.4. The summed E-state index contributed by atoms with van der Waals surface area (Å²) in [7, 11) is 0. The lowest BCUT2D eigenvalue weighted by atomic mass is 10.1. The Bertz CT molecular complexity index is 697. The van der Waals surface area contributed by atoms with Crippen molar-refractivity contribution >= 4 is 5.91 Å². The van der Waals surface area contributed by atoms with Gasteiger partial charge in [0.15, 0.2) is 11.5 Å². The number of nitrogens with one attached hydrogen (secondary N) is 1. The molecule has 0 radical (unpaired) electrons. The highest BCUT2D eigenvalue weighted by Gasteiger charge is 2.11. The second-order valence-electron chi connectivity index (χ2n) is 5.77. The number of hydrogen-bond donors (Lipinski definition) is 1. The predicted molar refractivity (Wildman–Crippen MR) is 88.8 cm³/mol. The van der Waals surface area contributed by atoms with Crippen LogP contribution in [-0.4, -0.2) is 19.1 Å². The summed E-state index contributed by atoms with van der Waals surface area (Å²) < 4.78 is 11.3. The molecule has 1 N–H and O–H groups in total. The fraction of sp³-hybridized carbons (Fsp3) is 0.316. The Morgan fingerprint density at radius 2 is 1.87 bits per heavy atom. The minimum Gasteiger partial charge on any atom is -0.490 e. The van der Waals surface area contributed by atoms with Gasteiger partial charge in [0, 0.05) is 13.0 Å². The first-order valence-electron chi connectivity index (χ1n) is 7.91. The first-order chi connectivity index (χ1) is 11.2. The van der Waals surface area contributed by atoms with Crippen LogP contribution >= 0.6 is 0 Å². The highest BCUT2D eigenvalue weighted by molar-refractivity contribution is 5.78. The first-order valence-corrected chi connectivity index (χ1v) is 7.91. The molecule has 0 spiro atoms. The Labute approximate surface area is 136 Å². The summed E-state index contributed by atoms with van der Waals surface area (Å²) in [5.41, 5.74) is 3.20. The van der Waals surface area contributed by atoms with Gasteiger partial charge in [-0.3, -0.25) is 4.79 Å². The predicted octanol–water partition coefficient (Wildman–Crippen LogP) is 3.02. The maximum atomic E-state index is 12.1. The molecule has 4 nitrogen and oxygen atoms in total. The van der Waals surface area contributed by atoms with Crippen LogP contribution in [0, 0.1) is 6.92 Å². The number of aryl methyl sites for hydroxylation is 1. The molecule has 0 saturated heterocycles. The lowest BCUT2D eigenvalue weighted by Crippen LogP contribution is -2.24. The van der Waals surface area contributed by atoms with E-state index in [9.17, 15) is 4.79 Å². The van der Waals surface area contributed by atoms with Crippen molar-refractivity contribution in [2.75, 3.05) is 13.2 Å². The van der Waals surface area contributed by atoms with Gasteiger partial charge in [-0.05, 0) is 30.2 Å². The van der Waals surface area contributed by atoms with Crippen LogP contribution in [-0.2, 0) is 17.8 Å². The van der Waals surface area contributed by atoms with Crippen molar-refractivity contribution in [1.29, 1.82) is 0 Å². The summed E-state index contributed by atoms with van der Waals surface area (Å²) in [5.74, 6) is 1.55. The molecule has 1 aliphatic heterocycles.